The first-order valence-electron chi connectivity index (χ1n) is 6.60. The summed E-state index contributed by atoms with van der Waals surface area (Å²) in [7, 11) is 0. The molecule has 0 bridgehead atoms. The largest absolute Gasteiger partial charge is 0.256 e. The van der Waals surface area contributed by atoms with E-state index in [-0.39, 0.29) is 6.04 Å². The lowest BCUT2D eigenvalue weighted by molar-refractivity contribution is 0.592. The molecule has 0 radical (unpaired) electrons. The molecule has 2 atom stereocenters. The van der Waals surface area contributed by atoms with Gasteiger partial charge in [-0.3, -0.25) is 5.01 Å². The van der Waals surface area contributed by atoms with Crippen molar-refractivity contribution in [3.05, 3.63) is 62.5 Å². The molecule has 0 saturated heterocycles. The van der Waals surface area contributed by atoms with E-state index in [9.17, 15) is 0 Å². The Kier molecular flexibility index (Phi) is 4.25. The topological polar surface area (TPSA) is 15.6 Å². The molecule has 1 aliphatic heterocycles. The second kappa shape index (κ2) is 5.99. The first-order chi connectivity index (χ1) is 10.1. The van der Waals surface area contributed by atoms with Crippen LogP contribution >= 0.6 is 39.1 Å². The molecule has 0 aromatic heterocycles. The monoisotopic (exact) mass is 382 g/mol. The number of rotatable bonds is 2. The Labute approximate surface area is 142 Å². The van der Waals surface area contributed by atoms with Gasteiger partial charge in [-0.05, 0) is 35.9 Å². The van der Waals surface area contributed by atoms with Crippen LogP contribution in [0.1, 0.15) is 18.5 Å². The van der Waals surface area contributed by atoms with Crippen LogP contribution in [0.2, 0.25) is 10.0 Å². The summed E-state index contributed by atoms with van der Waals surface area (Å²) in [6.45, 7) is 2.15. The van der Waals surface area contributed by atoms with Gasteiger partial charge in [0.15, 0.2) is 0 Å². The molecule has 2 nitrogen and oxygen atoms in total. The van der Waals surface area contributed by atoms with Crippen molar-refractivity contribution in [1.82, 2.24) is 0 Å². The SMILES string of the molecule is C[C@@H]1C=NN(c2ccc(Cl)cc2Cl)[C@@H]1c1ccc(Br)cc1. The van der Waals surface area contributed by atoms with Crippen molar-refractivity contribution >= 4 is 51.0 Å². The quantitative estimate of drug-likeness (QED) is 0.626. The number of hydrogen-bond donors (Lipinski definition) is 0. The molecule has 0 spiro atoms. The van der Waals surface area contributed by atoms with Crippen molar-refractivity contribution in [2.75, 3.05) is 5.01 Å². The maximum atomic E-state index is 6.33. The minimum Gasteiger partial charge on any atom is -0.256 e. The van der Waals surface area contributed by atoms with Crippen LogP contribution in [-0.4, -0.2) is 6.21 Å². The summed E-state index contributed by atoms with van der Waals surface area (Å²) in [5.41, 5.74) is 2.07. The van der Waals surface area contributed by atoms with Gasteiger partial charge in [-0.25, -0.2) is 0 Å². The standard InChI is InChI=1S/C16H13BrCl2N2/c1-10-9-20-21(15-7-6-13(18)8-14(15)19)16(10)11-2-4-12(17)5-3-11/h2-10,16H,1H3/t10-,16+/m1/s1. The van der Waals surface area contributed by atoms with Gasteiger partial charge >= 0.3 is 0 Å². The lowest BCUT2D eigenvalue weighted by Gasteiger charge is -2.27. The van der Waals surface area contributed by atoms with Crippen LogP contribution in [-0.2, 0) is 0 Å². The van der Waals surface area contributed by atoms with Gasteiger partial charge < -0.3 is 0 Å². The van der Waals surface area contributed by atoms with E-state index in [2.05, 4.69) is 40.1 Å². The Morgan fingerprint density at radius 2 is 1.81 bits per heavy atom. The smallest absolute Gasteiger partial charge is 0.0851 e. The molecule has 1 heterocycles. The van der Waals surface area contributed by atoms with Gasteiger partial charge in [-0.2, -0.15) is 5.10 Å². The molecule has 0 aliphatic carbocycles. The Morgan fingerprint density at radius 3 is 2.48 bits per heavy atom. The molecule has 0 amide bonds. The molecule has 0 saturated carbocycles. The fraction of sp³-hybridized carbons (Fsp3) is 0.188. The number of halogens is 3. The summed E-state index contributed by atoms with van der Waals surface area (Å²) < 4.78 is 1.06. The van der Waals surface area contributed by atoms with Gasteiger partial charge in [-0.15, -0.1) is 0 Å². The van der Waals surface area contributed by atoms with Gasteiger partial charge in [0.1, 0.15) is 0 Å². The highest BCUT2D eigenvalue weighted by atomic mass is 79.9. The van der Waals surface area contributed by atoms with Crippen molar-refractivity contribution in [2.45, 2.75) is 13.0 Å². The van der Waals surface area contributed by atoms with Crippen molar-refractivity contribution in [3.8, 4) is 0 Å². The maximum Gasteiger partial charge on any atom is 0.0851 e. The molecule has 2 aromatic carbocycles. The van der Waals surface area contributed by atoms with Crippen LogP contribution in [0.15, 0.2) is 52.0 Å². The Balaban J connectivity index is 2.00. The lowest BCUT2D eigenvalue weighted by Crippen LogP contribution is -2.23. The number of hydrazone groups is 1. The predicted octanol–water partition coefficient (Wildman–Crippen LogP) is 5.94. The molecule has 108 valence electrons. The second-order valence-corrected chi connectivity index (χ2v) is 6.82. The van der Waals surface area contributed by atoms with E-state index in [1.165, 1.54) is 5.56 Å². The lowest BCUT2D eigenvalue weighted by atomic mass is 9.96. The highest BCUT2D eigenvalue weighted by Crippen LogP contribution is 2.40. The van der Waals surface area contributed by atoms with E-state index in [1.807, 2.05) is 35.5 Å². The van der Waals surface area contributed by atoms with Crippen LogP contribution in [0.25, 0.3) is 0 Å². The average Bonchev–Trinajstić information content (AvgIpc) is 2.82. The van der Waals surface area contributed by atoms with Crippen LogP contribution in [0.4, 0.5) is 5.69 Å². The number of anilines is 1. The zero-order valence-corrected chi connectivity index (χ0v) is 14.4. The summed E-state index contributed by atoms with van der Waals surface area (Å²) in [4.78, 5) is 0. The Bertz CT molecular complexity index is 685. The van der Waals surface area contributed by atoms with E-state index in [0.29, 0.717) is 16.0 Å². The molecule has 3 rings (SSSR count). The van der Waals surface area contributed by atoms with Crippen LogP contribution in [0.5, 0.6) is 0 Å². The number of nitrogens with zero attached hydrogens (tertiary/aromatic N) is 2. The Hall–Kier alpha value is -1.03. The zero-order chi connectivity index (χ0) is 15.0. The molecule has 0 fully saturated rings. The normalized spacial score (nSPS) is 21.0. The summed E-state index contributed by atoms with van der Waals surface area (Å²) in [6, 6.07) is 13.9. The number of hydrogen-bond acceptors (Lipinski definition) is 2. The van der Waals surface area contributed by atoms with E-state index in [1.54, 1.807) is 6.07 Å². The van der Waals surface area contributed by atoms with Crippen LogP contribution in [0, 0.1) is 5.92 Å². The highest BCUT2D eigenvalue weighted by molar-refractivity contribution is 9.10. The maximum absolute atomic E-state index is 6.33. The average molecular weight is 384 g/mol. The van der Waals surface area contributed by atoms with E-state index < -0.39 is 0 Å². The van der Waals surface area contributed by atoms with Crippen molar-refractivity contribution in [1.29, 1.82) is 0 Å². The third kappa shape index (κ3) is 2.96. The van der Waals surface area contributed by atoms with Crippen molar-refractivity contribution in [2.24, 2.45) is 11.0 Å². The molecule has 1 aliphatic rings. The van der Waals surface area contributed by atoms with E-state index >= 15 is 0 Å². The first kappa shape index (κ1) is 14.9. The summed E-state index contributed by atoms with van der Waals surface area (Å²) >= 11 is 15.8. The van der Waals surface area contributed by atoms with E-state index in [0.717, 1.165) is 10.2 Å². The molecular weight excluding hydrogens is 371 g/mol. The van der Waals surface area contributed by atoms with Crippen molar-refractivity contribution < 1.29 is 0 Å². The third-order valence-electron chi connectivity index (χ3n) is 3.56. The Morgan fingerprint density at radius 1 is 1.10 bits per heavy atom. The van der Waals surface area contributed by atoms with Gasteiger partial charge in [0.25, 0.3) is 0 Å². The predicted molar refractivity (Wildman–Crippen MR) is 93.5 cm³/mol. The van der Waals surface area contributed by atoms with Gasteiger partial charge in [0, 0.05) is 21.6 Å². The minimum absolute atomic E-state index is 0.136. The summed E-state index contributed by atoms with van der Waals surface area (Å²) in [5.74, 6) is 0.304. The van der Waals surface area contributed by atoms with Gasteiger partial charge in [0.05, 0.1) is 16.8 Å². The second-order valence-electron chi connectivity index (χ2n) is 5.06. The number of benzene rings is 2. The van der Waals surface area contributed by atoms with Crippen LogP contribution in [0.3, 0.4) is 0 Å². The molecule has 5 heteroatoms. The zero-order valence-electron chi connectivity index (χ0n) is 11.3. The van der Waals surface area contributed by atoms with Gasteiger partial charge in [-0.1, -0.05) is 58.2 Å². The highest BCUT2D eigenvalue weighted by Gasteiger charge is 2.31. The summed E-state index contributed by atoms with van der Waals surface area (Å²) in [6.07, 6.45) is 1.96. The summed E-state index contributed by atoms with van der Waals surface area (Å²) in [5, 5.41) is 7.72. The third-order valence-corrected chi connectivity index (χ3v) is 4.62. The molecule has 0 unspecified atom stereocenters. The first-order valence-corrected chi connectivity index (χ1v) is 8.15. The van der Waals surface area contributed by atoms with Gasteiger partial charge in [0.2, 0.25) is 0 Å². The van der Waals surface area contributed by atoms with Crippen molar-refractivity contribution in [3.63, 3.8) is 0 Å². The molecular formula is C16H13BrCl2N2. The fourth-order valence-corrected chi connectivity index (χ4v) is 3.30. The fourth-order valence-electron chi connectivity index (χ4n) is 2.54. The molecule has 2 aromatic rings. The molecule has 0 N–H and O–H groups in total. The minimum atomic E-state index is 0.136. The van der Waals surface area contributed by atoms with E-state index in [4.69, 9.17) is 23.2 Å². The van der Waals surface area contributed by atoms with Crippen LogP contribution < -0.4 is 5.01 Å². The molecule has 21 heavy (non-hydrogen) atoms.